The molecule has 2 heterocycles. The second-order valence-corrected chi connectivity index (χ2v) is 5.43. The van der Waals surface area contributed by atoms with E-state index in [1.54, 1.807) is 6.07 Å². The Kier molecular flexibility index (Phi) is 6.10. The van der Waals surface area contributed by atoms with Crippen LogP contribution in [0.2, 0.25) is 0 Å². The summed E-state index contributed by atoms with van der Waals surface area (Å²) < 4.78 is 11.3. The van der Waals surface area contributed by atoms with Gasteiger partial charge in [0.25, 0.3) is 0 Å². The SMILES string of the molecule is CCOc1cccc(-c2c(C)nc(/C(N)=N/OC)nc2OC(C)C)n1. The number of oxime groups is 1. The molecular weight excluding hydrogens is 322 g/mol. The third-order valence-corrected chi connectivity index (χ3v) is 3.09. The van der Waals surface area contributed by atoms with Crippen LogP contribution < -0.4 is 15.2 Å². The first kappa shape index (κ1) is 18.4. The van der Waals surface area contributed by atoms with Crippen LogP contribution in [0.1, 0.15) is 32.3 Å². The molecule has 0 amide bonds. The zero-order chi connectivity index (χ0) is 18.4. The largest absolute Gasteiger partial charge is 0.478 e. The van der Waals surface area contributed by atoms with Gasteiger partial charge in [-0.1, -0.05) is 11.2 Å². The van der Waals surface area contributed by atoms with Crippen LogP contribution in [-0.4, -0.2) is 40.6 Å². The Labute approximate surface area is 147 Å². The van der Waals surface area contributed by atoms with Gasteiger partial charge in [-0.25, -0.2) is 9.97 Å². The van der Waals surface area contributed by atoms with E-state index < -0.39 is 0 Å². The number of nitrogens with two attached hydrogens (primary N) is 1. The fraction of sp³-hybridized carbons (Fsp3) is 0.412. The Balaban J connectivity index is 2.59. The number of ether oxygens (including phenoxy) is 2. The van der Waals surface area contributed by atoms with Gasteiger partial charge in [-0.15, -0.1) is 0 Å². The number of rotatable bonds is 7. The Bertz CT molecular complexity index is 762. The highest BCUT2D eigenvalue weighted by atomic mass is 16.6. The maximum Gasteiger partial charge on any atom is 0.227 e. The number of hydrogen-bond acceptors (Lipinski definition) is 7. The molecule has 0 spiro atoms. The van der Waals surface area contributed by atoms with Crippen molar-refractivity contribution in [3.63, 3.8) is 0 Å². The number of aryl methyl sites for hydroxylation is 1. The average molecular weight is 345 g/mol. The van der Waals surface area contributed by atoms with Crippen LogP contribution in [0.4, 0.5) is 0 Å². The molecule has 0 aliphatic carbocycles. The van der Waals surface area contributed by atoms with Crippen molar-refractivity contribution in [2.75, 3.05) is 13.7 Å². The molecule has 0 saturated heterocycles. The van der Waals surface area contributed by atoms with Gasteiger partial charge in [-0.2, -0.15) is 4.98 Å². The molecule has 0 radical (unpaired) electrons. The zero-order valence-electron chi connectivity index (χ0n) is 15.1. The Morgan fingerprint density at radius 2 is 2.00 bits per heavy atom. The van der Waals surface area contributed by atoms with Crippen LogP contribution >= 0.6 is 0 Å². The lowest BCUT2D eigenvalue weighted by atomic mass is 10.1. The molecular formula is C17H23N5O3. The molecule has 134 valence electrons. The van der Waals surface area contributed by atoms with Gasteiger partial charge in [0, 0.05) is 6.07 Å². The zero-order valence-corrected chi connectivity index (χ0v) is 15.1. The summed E-state index contributed by atoms with van der Waals surface area (Å²) >= 11 is 0. The summed E-state index contributed by atoms with van der Waals surface area (Å²) in [6.45, 7) is 8.10. The maximum atomic E-state index is 5.87. The van der Waals surface area contributed by atoms with Crippen LogP contribution in [0.3, 0.4) is 0 Å². The molecule has 2 aromatic heterocycles. The third-order valence-electron chi connectivity index (χ3n) is 3.09. The molecule has 0 aliphatic rings. The first-order chi connectivity index (χ1) is 12.0. The van der Waals surface area contributed by atoms with E-state index >= 15 is 0 Å². The quantitative estimate of drug-likeness (QED) is 0.466. The topological polar surface area (TPSA) is 105 Å². The van der Waals surface area contributed by atoms with Crippen molar-refractivity contribution in [3.05, 3.63) is 29.7 Å². The first-order valence-corrected chi connectivity index (χ1v) is 7.98. The molecule has 0 atom stereocenters. The third kappa shape index (κ3) is 4.56. The first-order valence-electron chi connectivity index (χ1n) is 7.98. The monoisotopic (exact) mass is 345 g/mol. The number of amidine groups is 1. The molecule has 0 bridgehead atoms. The van der Waals surface area contributed by atoms with Crippen molar-refractivity contribution in [1.82, 2.24) is 15.0 Å². The highest BCUT2D eigenvalue weighted by Gasteiger charge is 2.19. The van der Waals surface area contributed by atoms with Gasteiger partial charge in [0.1, 0.15) is 7.11 Å². The van der Waals surface area contributed by atoms with E-state index in [-0.39, 0.29) is 17.8 Å². The van der Waals surface area contributed by atoms with Crippen LogP contribution in [0.25, 0.3) is 11.3 Å². The number of hydrogen-bond donors (Lipinski definition) is 1. The predicted octanol–water partition coefficient (Wildman–Crippen LogP) is 2.30. The number of aromatic nitrogens is 3. The van der Waals surface area contributed by atoms with Crippen LogP contribution in [0.15, 0.2) is 23.4 Å². The van der Waals surface area contributed by atoms with Crippen LogP contribution in [-0.2, 0) is 4.84 Å². The van der Waals surface area contributed by atoms with E-state index in [4.69, 9.17) is 15.2 Å². The summed E-state index contributed by atoms with van der Waals surface area (Å²) in [5.74, 6) is 1.22. The van der Waals surface area contributed by atoms with Gasteiger partial charge < -0.3 is 20.0 Å². The van der Waals surface area contributed by atoms with Crippen molar-refractivity contribution in [1.29, 1.82) is 0 Å². The predicted molar refractivity (Wildman–Crippen MR) is 94.7 cm³/mol. The van der Waals surface area contributed by atoms with E-state index in [2.05, 4.69) is 24.9 Å². The minimum Gasteiger partial charge on any atom is -0.478 e. The minimum atomic E-state index is -0.0865. The standard InChI is InChI=1S/C17H23N5O3/c1-6-24-13-9-7-8-12(20-13)14-11(4)19-16(15(18)22-23-5)21-17(14)25-10(2)3/h7-10H,6H2,1-5H3,(H2,18,22). The smallest absolute Gasteiger partial charge is 0.227 e. The lowest BCUT2D eigenvalue weighted by molar-refractivity contribution is 0.212. The van der Waals surface area contributed by atoms with Gasteiger partial charge in [0.2, 0.25) is 23.4 Å². The minimum absolute atomic E-state index is 0.0711. The van der Waals surface area contributed by atoms with Crippen LogP contribution in [0, 0.1) is 6.92 Å². The van der Waals surface area contributed by atoms with Gasteiger partial charge >= 0.3 is 0 Å². The summed E-state index contributed by atoms with van der Waals surface area (Å²) in [6, 6.07) is 5.51. The van der Waals surface area contributed by atoms with Crippen molar-refractivity contribution in [3.8, 4) is 23.0 Å². The van der Waals surface area contributed by atoms with Crippen LogP contribution in [0.5, 0.6) is 11.8 Å². The van der Waals surface area contributed by atoms with Crippen molar-refractivity contribution < 1.29 is 14.3 Å². The second-order valence-electron chi connectivity index (χ2n) is 5.43. The molecule has 0 unspecified atom stereocenters. The van der Waals surface area contributed by atoms with E-state index in [9.17, 15) is 0 Å². The second kappa shape index (κ2) is 8.27. The highest BCUT2D eigenvalue weighted by molar-refractivity contribution is 5.94. The summed E-state index contributed by atoms with van der Waals surface area (Å²) in [4.78, 5) is 18.0. The van der Waals surface area contributed by atoms with E-state index in [0.29, 0.717) is 35.3 Å². The summed E-state index contributed by atoms with van der Waals surface area (Å²) in [5, 5.41) is 3.68. The lowest BCUT2D eigenvalue weighted by Gasteiger charge is -2.16. The molecule has 2 N–H and O–H groups in total. The number of nitrogens with zero attached hydrogens (tertiary/aromatic N) is 4. The Morgan fingerprint density at radius 1 is 1.24 bits per heavy atom. The highest BCUT2D eigenvalue weighted by Crippen LogP contribution is 2.31. The van der Waals surface area contributed by atoms with Crippen molar-refractivity contribution in [2.24, 2.45) is 10.9 Å². The van der Waals surface area contributed by atoms with Gasteiger partial charge in [0.15, 0.2) is 0 Å². The van der Waals surface area contributed by atoms with Crippen molar-refractivity contribution >= 4 is 5.84 Å². The van der Waals surface area contributed by atoms with Gasteiger partial charge in [-0.05, 0) is 33.8 Å². The summed E-state index contributed by atoms with van der Waals surface area (Å²) in [7, 11) is 1.41. The van der Waals surface area contributed by atoms with E-state index in [0.717, 1.165) is 0 Å². The van der Waals surface area contributed by atoms with Crippen molar-refractivity contribution in [2.45, 2.75) is 33.8 Å². The molecule has 0 aromatic carbocycles. The fourth-order valence-corrected chi connectivity index (χ4v) is 2.19. The molecule has 0 aliphatic heterocycles. The number of pyridine rings is 1. The summed E-state index contributed by atoms with van der Waals surface area (Å²) in [5.41, 5.74) is 7.84. The molecule has 0 saturated carbocycles. The lowest BCUT2D eigenvalue weighted by Crippen LogP contribution is -2.20. The summed E-state index contributed by atoms with van der Waals surface area (Å²) in [6.07, 6.45) is -0.0865. The maximum absolute atomic E-state index is 5.87. The molecule has 25 heavy (non-hydrogen) atoms. The Hall–Kier alpha value is -2.90. The van der Waals surface area contributed by atoms with Gasteiger partial charge in [0.05, 0.1) is 29.7 Å². The fourth-order valence-electron chi connectivity index (χ4n) is 2.19. The van der Waals surface area contributed by atoms with Gasteiger partial charge in [-0.3, -0.25) is 0 Å². The molecule has 2 aromatic rings. The molecule has 8 nitrogen and oxygen atoms in total. The molecule has 2 rings (SSSR count). The van der Waals surface area contributed by atoms with E-state index in [1.165, 1.54) is 7.11 Å². The molecule has 0 fully saturated rings. The normalized spacial score (nSPS) is 11.5. The van der Waals surface area contributed by atoms with E-state index in [1.807, 2.05) is 39.8 Å². The average Bonchev–Trinajstić information content (AvgIpc) is 2.54. The molecule has 8 heteroatoms. The Morgan fingerprint density at radius 3 is 2.64 bits per heavy atom.